The molecule has 3 heterocycles. The van der Waals surface area contributed by atoms with Gasteiger partial charge in [-0.15, -0.1) is 0 Å². The molecular formula is C33H31F3N6O4. The molecule has 10 nitrogen and oxygen atoms in total. The summed E-state index contributed by atoms with van der Waals surface area (Å²) >= 11 is 0. The first-order valence-corrected chi connectivity index (χ1v) is 14.7. The standard InChI is InChI=1S/C33H31F3N6O4/c1-46-24-13-11-21(12-14-24)26-19-41(32(45)37-26)23-15-17-40(18-16-23)31(44)39-29-30(43)42(20-33(34,35)36)27-10-6-5-9-25(27)28(38-29)22-7-3-2-4-8-22/h2-14,19,23,29H,15-18,20H2,1H3,(H,37,45)(H,39,44)/t29-/m0/s1. The van der Waals surface area contributed by atoms with E-state index in [1.807, 2.05) is 12.1 Å². The zero-order valence-corrected chi connectivity index (χ0v) is 24.8. The van der Waals surface area contributed by atoms with Gasteiger partial charge in [-0.1, -0.05) is 48.5 Å². The molecule has 4 aromatic rings. The average Bonchev–Trinajstić information content (AvgIpc) is 3.42. The Kier molecular flexibility index (Phi) is 8.39. The van der Waals surface area contributed by atoms with Crippen molar-refractivity contribution in [3.8, 4) is 17.0 Å². The van der Waals surface area contributed by atoms with Crippen molar-refractivity contribution in [1.29, 1.82) is 0 Å². The van der Waals surface area contributed by atoms with E-state index in [0.717, 1.165) is 5.56 Å². The number of fused-ring (bicyclic) bond motifs is 1. The van der Waals surface area contributed by atoms with Crippen LogP contribution in [0.25, 0.3) is 11.3 Å². The van der Waals surface area contributed by atoms with Crippen LogP contribution in [-0.4, -0.2) is 71.2 Å². The Morgan fingerprint density at radius 2 is 1.63 bits per heavy atom. The van der Waals surface area contributed by atoms with Gasteiger partial charge in [-0.2, -0.15) is 13.2 Å². The van der Waals surface area contributed by atoms with Crippen LogP contribution in [0, 0.1) is 0 Å². The van der Waals surface area contributed by atoms with Crippen molar-refractivity contribution in [2.24, 2.45) is 4.99 Å². The highest BCUT2D eigenvalue weighted by Crippen LogP contribution is 2.31. The molecule has 2 aliphatic heterocycles. The van der Waals surface area contributed by atoms with Gasteiger partial charge in [0.1, 0.15) is 12.3 Å². The molecule has 3 aromatic carbocycles. The number of carbonyl (C=O) groups is 2. The monoisotopic (exact) mass is 632 g/mol. The fraction of sp³-hybridized carbons (Fsp3) is 0.273. The number of piperidine rings is 1. The fourth-order valence-corrected chi connectivity index (χ4v) is 5.85. The van der Waals surface area contributed by atoms with Gasteiger partial charge in [-0.25, -0.2) is 14.6 Å². The number of para-hydroxylation sites is 1. The summed E-state index contributed by atoms with van der Waals surface area (Å²) in [7, 11) is 1.57. The SMILES string of the molecule is COc1ccc(-c2cn(C3CCN(C(=O)N[C@@H]4N=C(c5ccccc5)c5ccccc5N(CC(F)(F)F)C4=O)CC3)c(=O)[nH]2)cc1. The number of hydrogen-bond acceptors (Lipinski definition) is 5. The number of hydrogen-bond donors (Lipinski definition) is 2. The molecule has 46 heavy (non-hydrogen) atoms. The van der Waals surface area contributed by atoms with Crippen molar-refractivity contribution in [3.63, 3.8) is 0 Å². The Hall–Kier alpha value is -5.33. The highest BCUT2D eigenvalue weighted by Gasteiger charge is 2.40. The maximum absolute atomic E-state index is 13.7. The summed E-state index contributed by atoms with van der Waals surface area (Å²) in [5, 5.41) is 2.59. The third-order valence-electron chi connectivity index (χ3n) is 8.14. The molecule has 1 saturated heterocycles. The lowest BCUT2D eigenvalue weighted by Gasteiger charge is -2.33. The number of ether oxygens (including phenoxy) is 1. The van der Waals surface area contributed by atoms with Gasteiger partial charge in [0.2, 0.25) is 6.17 Å². The van der Waals surface area contributed by atoms with Crippen LogP contribution in [0.5, 0.6) is 5.75 Å². The van der Waals surface area contributed by atoms with Crippen molar-refractivity contribution in [1.82, 2.24) is 19.8 Å². The van der Waals surface area contributed by atoms with Gasteiger partial charge in [0, 0.05) is 36.5 Å². The van der Waals surface area contributed by atoms with Crippen molar-refractivity contribution in [3.05, 3.63) is 107 Å². The zero-order chi connectivity index (χ0) is 32.4. The first-order valence-electron chi connectivity index (χ1n) is 14.7. The number of benzodiazepines with no additional fused rings is 1. The number of imidazole rings is 1. The number of carbonyl (C=O) groups excluding carboxylic acids is 2. The number of likely N-dealkylation sites (tertiary alicyclic amines) is 1. The van der Waals surface area contributed by atoms with Crippen LogP contribution in [0.1, 0.15) is 30.0 Å². The van der Waals surface area contributed by atoms with E-state index in [0.29, 0.717) is 40.3 Å². The molecule has 238 valence electrons. The molecule has 2 N–H and O–H groups in total. The number of nitrogens with zero attached hydrogens (tertiary/aromatic N) is 4. The number of H-pyrrole nitrogens is 1. The molecule has 0 aliphatic carbocycles. The topological polar surface area (TPSA) is 112 Å². The van der Waals surface area contributed by atoms with E-state index in [-0.39, 0.29) is 36.2 Å². The summed E-state index contributed by atoms with van der Waals surface area (Å²) in [6.45, 7) is -1.02. The highest BCUT2D eigenvalue weighted by molar-refractivity contribution is 6.20. The Morgan fingerprint density at radius 1 is 0.957 bits per heavy atom. The first-order chi connectivity index (χ1) is 22.1. The molecule has 1 atom stereocenters. The van der Waals surface area contributed by atoms with Gasteiger partial charge in [-0.3, -0.25) is 14.3 Å². The number of halogens is 3. The van der Waals surface area contributed by atoms with Gasteiger partial charge in [0.15, 0.2) is 0 Å². The Labute approximate surface area is 262 Å². The molecule has 6 rings (SSSR count). The molecular weight excluding hydrogens is 601 g/mol. The summed E-state index contributed by atoms with van der Waals surface area (Å²) < 4.78 is 48.0. The number of aromatic amines is 1. The number of methoxy groups -OCH3 is 1. The van der Waals surface area contributed by atoms with Gasteiger partial charge < -0.3 is 19.9 Å². The number of aliphatic imine (C=N–C) groups is 1. The minimum absolute atomic E-state index is 0.0518. The quantitative estimate of drug-likeness (QED) is 0.313. The summed E-state index contributed by atoms with van der Waals surface area (Å²) in [6, 6.07) is 21.5. The van der Waals surface area contributed by atoms with Crippen molar-refractivity contribution < 1.29 is 27.5 Å². The molecule has 0 unspecified atom stereocenters. The second kappa shape index (κ2) is 12.6. The summed E-state index contributed by atoms with van der Waals surface area (Å²) in [5.74, 6) is -0.301. The fourth-order valence-electron chi connectivity index (χ4n) is 5.85. The van der Waals surface area contributed by atoms with Crippen LogP contribution in [-0.2, 0) is 4.79 Å². The van der Waals surface area contributed by atoms with Crippen molar-refractivity contribution >= 4 is 23.3 Å². The van der Waals surface area contributed by atoms with Crippen LogP contribution in [0.15, 0.2) is 94.8 Å². The van der Waals surface area contributed by atoms with Crippen LogP contribution >= 0.6 is 0 Å². The predicted octanol–water partition coefficient (Wildman–Crippen LogP) is 4.97. The van der Waals surface area contributed by atoms with E-state index in [1.54, 1.807) is 78.5 Å². The number of benzene rings is 3. The number of aromatic nitrogens is 2. The lowest BCUT2D eigenvalue weighted by atomic mass is 10.0. The number of rotatable bonds is 6. The second-order valence-corrected chi connectivity index (χ2v) is 11.1. The third kappa shape index (κ3) is 6.39. The Balaban J connectivity index is 1.20. The second-order valence-electron chi connectivity index (χ2n) is 11.1. The lowest BCUT2D eigenvalue weighted by molar-refractivity contribution is -0.133. The van der Waals surface area contributed by atoms with Gasteiger partial charge in [0.25, 0.3) is 5.91 Å². The first kappa shape index (κ1) is 30.7. The molecule has 3 amide bonds. The molecule has 1 fully saturated rings. The van der Waals surface area contributed by atoms with E-state index < -0.39 is 30.8 Å². The third-order valence-corrected chi connectivity index (χ3v) is 8.14. The molecule has 0 spiro atoms. The maximum atomic E-state index is 13.7. The van der Waals surface area contributed by atoms with Crippen molar-refractivity contribution in [2.45, 2.75) is 31.2 Å². The molecule has 13 heteroatoms. The predicted molar refractivity (Wildman–Crippen MR) is 166 cm³/mol. The van der Waals surface area contributed by atoms with E-state index >= 15 is 0 Å². The average molecular weight is 633 g/mol. The van der Waals surface area contributed by atoms with E-state index in [1.165, 1.54) is 11.0 Å². The molecule has 0 bridgehead atoms. The largest absolute Gasteiger partial charge is 0.497 e. The lowest BCUT2D eigenvalue weighted by Crippen LogP contribution is -2.54. The minimum Gasteiger partial charge on any atom is -0.497 e. The number of anilines is 1. The molecule has 0 saturated carbocycles. The highest BCUT2D eigenvalue weighted by atomic mass is 19.4. The number of urea groups is 1. The van der Waals surface area contributed by atoms with Crippen LogP contribution in [0.2, 0.25) is 0 Å². The number of nitrogens with one attached hydrogen (secondary N) is 2. The van der Waals surface area contributed by atoms with E-state index in [4.69, 9.17) is 4.74 Å². The zero-order valence-electron chi connectivity index (χ0n) is 24.8. The van der Waals surface area contributed by atoms with Gasteiger partial charge in [0.05, 0.1) is 24.2 Å². The van der Waals surface area contributed by atoms with Crippen LogP contribution in [0.3, 0.4) is 0 Å². The normalized spacial score (nSPS) is 17.3. The summed E-state index contributed by atoms with van der Waals surface area (Å²) in [6.07, 6.45) is -3.64. The number of alkyl halides is 3. The Bertz CT molecular complexity index is 1810. The van der Waals surface area contributed by atoms with E-state index in [9.17, 15) is 27.6 Å². The van der Waals surface area contributed by atoms with Crippen LogP contribution in [0.4, 0.5) is 23.7 Å². The summed E-state index contributed by atoms with van der Waals surface area (Å²) in [5.41, 5.74) is 2.46. The molecule has 0 radical (unpaired) electrons. The number of amides is 3. The summed E-state index contributed by atoms with van der Waals surface area (Å²) in [4.78, 5) is 49.4. The smallest absolute Gasteiger partial charge is 0.406 e. The van der Waals surface area contributed by atoms with Crippen LogP contribution < -0.4 is 20.6 Å². The van der Waals surface area contributed by atoms with E-state index in [2.05, 4.69) is 15.3 Å². The Morgan fingerprint density at radius 3 is 2.30 bits per heavy atom. The minimum atomic E-state index is -4.69. The maximum Gasteiger partial charge on any atom is 0.406 e. The van der Waals surface area contributed by atoms with Crippen molar-refractivity contribution in [2.75, 3.05) is 31.6 Å². The van der Waals surface area contributed by atoms with Gasteiger partial charge in [-0.05, 0) is 48.7 Å². The molecule has 1 aromatic heterocycles. The molecule has 2 aliphatic rings. The van der Waals surface area contributed by atoms with Gasteiger partial charge >= 0.3 is 17.9 Å².